The highest BCUT2D eigenvalue weighted by Gasteiger charge is 2.35. The zero-order valence-corrected chi connectivity index (χ0v) is 11.2. The van der Waals surface area contributed by atoms with E-state index in [0.29, 0.717) is 11.1 Å². The van der Waals surface area contributed by atoms with E-state index in [1.807, 2.05) is 24.3 Å². The largest absolute Gasteiger partial charge is 0.480 e. The van der Waals surface area contributed by atoms with Crippen molar-refractivity contribution >= 4 is 17.6 Å². The maximum atomic E-state index is 11.0. The number of hydrogen-bond donors (Lipinski definition) is 1. The van der Waals surface area contributed by atoms with Crippen LogP contribution in [-0.4, -0.2) is 28.6 Å². The van der Waals surface area contributed by atoms with E-state index in [-0.39, 0.29) is 12.6 Å². The predicted molar refractivity (Wildman–Crippen MR) is 71.8 cm³/mol. The molecule has 0 aliphatic heterocycles. The molecule has 18 heavy (non-hydrogen) atoms. The Balaban J connectivity index is 2.21. The molecular formula is C14H18ClNO2. The Kier molecular flexibility index (Phi) is 4.25. The third-order valence-electron chi connectivity index (χ3n) is 3.35. The quantitative estimate of drug-likeness (QED) is 0.859. The molecule has 1 aliphatic rings. The van der Waals surface area contributed by atoms with Crippen LogP contribution < -0.4 is 0 Å². The van der Waals surface area contributed by atoms with Crippen molar-refractivity contribution in [2.75, 3.05) is 6.54 Å². The fourth-order valence-electron chi connectivity index (χ4n) is 2.43. The number of benzene rings is 1. The highest BCUT2D eigenvalue weighted by Crippen LogP contribution is 2.36. The monoisotopic (exact) mass is 267 g/mol. The topological polar surface area (TPSA) is 40.5 Å². The van der Waals surface area contributed by atoms with Crippen LogP contribution in [0.15, 0.2) is 24.3 Å². The molecule has 3 nitrogen and oxygen atoms in total. The Morgan fingerprint density at radius 2 is 2.28 bits per heavy atom. The minimum atomic E-state index is -0.762. The summed E-state index contributed by atoms with van der Waals surface area (Å²) in [6.07, 6.45) is 3.10. The number of hydrogen-bond acceptors (Lipinski definition) is 2. The highest BCUT2D eigenvalue weighted by atomic mass is 35.5. The van der Waals surface area contributed by atoms with Gasteiger partial charge in [0.25, 0.3) is 0 Å². The molecule has 1 aromatic rings. The van der Waals surface area contributed by atoms with Crippen molar-refractivity contribution < 1.29 is 9.90 Å². The van der Waals surface area contributed by atoms with E-state index >= 15 is 0 Å². The molecule has 1 aromatic carbocycles. The van der Waals surface area contributed by atoms with Gasteiger partial charge in [0.05, 0.1) is 6.54 Å². The van der Waals surface area contributed by atoms with Crippen LogP contribution in [0.2, 0.25) is 5.02 Å². The maximum absolute atomic E-state index is 11.0. The van der Waals surface area contributed by atoms with E-state index < -0.39 is 5.97 Å². The molecule has 0 bridgehead atoms. The summed E-state index contributed by atoms with van der Waals surface area (Å²) in [6.45, 7) is 2.19. The molecule has 0 spiro atoms. The van der Waals surface area contributed by atoms with Gasteiger partial charge in [-0.1, -0.05) is 30.7 Å². The highest BCUT2D eigenvalue weighted by molar-refractivity contribution is 6.30. The van der Waals surface area contributed by atoms with Gasteiger partial charge in [-0.25, -0.2) is 0 Å². The number of carboxylic acid groups (broad SMARTS) is 1. The molecule has 2 rings (SSSR count). The smallest absolute Gasteiger partial charge is 0.317 e. The van der Waals surface area contributed by atoms with Gasteiger partial charge in [-0.15, -0.1) is 0 Å². The zero-order valence-electron chi connectivity index (χ0n) is 10.5. The summed E-state index contributed by atoms with van der Waals surface area (Å²) in [6, 6.07) is 8.30. The molecule has 0 heterocycles. The average molecular weight is 268 g/mol. The summed E-state index contributed by atoms with van der Waals surface area (Å²) in [5, 5.41) is 9.74. The van der Waals surface area contributed by atoms with Crippen LogP contribution in [0.25, 0.3) is 0 Å². The molecule has 0 aromatic heterocycles. The molecule has 1 aliphatic carbocycles. The fourth-order valence-corrected chi connectivity index (χ4v) is 2.63. The summed E-state index contributed by atoms with van der Waals surface area (Å²) < 4.78 is 0. The van der Waals surface area contributed by atoms with E-state index in [1.165, 1.54) is 0 Å². The van der Waals surface area contributed by atoms with Crippen LogP contribution in [0, 0.1) is 0 Å². The Hall–Kier alpha value is -1.06. The number of halogens is 1. The predicted octanol–water partition coefficient (Wildman–Crippen LogP) is 3.34. The summed E-state index contributed by atoms with van der Waals surface area (Å²) in [7, 11) is 0. The Morgan fingerprint density at radius 3 is 2.78 bits per heavy atom. The minimum Gasteiger partial charge on any atom is -0.480 e. The lowest BCUT2D eigenvalue weighted by Crippen LogP contribution is -2.35. The number of aliphatic carboxylic acids is 1. The first-order chi connectivity index (χ1) is 8.61. The van der Waals surface area contributed by atoms with Crippen LogP contribution in [0.5, 0.6) is 0 Å². The molecule has 1 unspecified atom stereocenters. The van der Waals surface area contributed by atoms with E-state index in [4.69, 9.17) is 16.7 Å². The number of nitrogens with zero attached hydrogens (tertiary/aromatic N) is 1. The van der Waals surface area contributed by atoms with E-state index in [9.17, 15) is 4.79 Å². The lowest BCUT2D eigenvalue weighted by atomic mass is 10.0. The van der Waals surface area contributed by atoms with Gasteiger partial charge >= 0.3 is 5.97 Å². The Morgan fingerprint density at radius 1 is 1.56 bits per heavy atom. The van der Waals surface area contributed by atoms with Crippen molar-refractivity contribution in [1.29, 1.82) is 0 Å². The third kappa shape index (κ3) is 3.24. The second-order valence-electron chi connectivity index (χ2n) is 4.78. The molecule has 0 saturated heterocycles. The van der Waals surface area contributed by atoms with Crippen molar-refractivity contribution in [2.45, 2.75) is 38.3 Å². The zero-order chi connectivity index (χ0) is 13.1. The van der Waals surface area contributed by atoms with Crippen molar-refractivity contribution in [3.05, 3.63) is 34.9 Å². The molecule has 0 amide bonds. The first-order valence-electron chi connectivity index (χ1n) is 6.34. The van der Waals surface area contributed by atoms with Gasteiger partial charge in [-0.3, -0.25) is 9.69 Å². The van der Waals surface area contributed by atoms with Crippen LogP contribution >= 0.6 is 11.6 Å². The van der Waals surface area contributed by atoms with Crippen LogP contribution in [-0.2, 0) is 4.79 Å². The Bertz CT molecular complexity index is 432. The molecule has 0 radical (unpaired) electrons. The molecule has 98 valence electrons. The summed E-state index contributed by atoms with van der Waals surface area (Å²) in [5.74, 6) is -0.762. The third-order valence-corrected chi connectivity index (χ3v) is 3.59. The fraction of sp³-hybridized carbons (Fsp3) is 0.500. The van der Waals surface area contributed by atoms with E-state index in [1.54, 1.807) is 0 Å². The van der Waals surface area contributed by atoms with Gasteiger partial charge < -0.3 is 5.11 Å². The van der Waals surface area contributed by atoms with Gasteiger partial charge in [-0.05, 0) is 37.0 Å². The molecule has 1 atom stereocenters. The first kappa shape index (κ1) is 13.4. The van der Waals surface area contributed by atoms with Gasteiger partial charge in [0.2, 0.25) is 0 Å². The standard InChI is InChI=1S/C14H18ClNO2/c1-2-13(10-4-3-5-11(15)8-10)16(9-14(17)18)12-6-7-12/h3-5,8,12-13H,2,6-7,9H2,1H3,(H,17,18). The molecule has 1 saturated carbocycles. The molecule has 4 heteroatoms. The van der Waals surface area contributed by atoms with Gasteiger partial charge in [0, 0.05) is 17.1 Å². The van der Waals surface area contributed by atoms with Crippen molar-refractivity contribution in [3.8, 4) is 0 Å². The van der Waals surface area contributed by atoms with Crippen molar-refractivity contribution in [1.82, 2.24) is 4.90 Å². The SMILES string of the molecule is CCC(c1cccc(Cl)c1)N(CC(=O)O)C1CC1. The van der Waals surface area contributed by atoms with Gasteiger partial charge in [-0.2, -0.15) is 0 Å². The van der Waals surface area contributed by atoms with Crippen LogP contribution in [0.1, 0.15) is 37.8 Å². The van der Waals surface area contributed by atoms with Crippen molar-refractivity contribution in [3.63, 3.8) is 0 Å². The van der Waals surface area contributed by atoms with Gasteiger partial charge in [0.15, 0.2) is 0 Å². The lowest BCUT2D eigenvalue weighted by molar-refractivity contribution is -0.139. The second-order valence-corrected chi connectivity index (χ2v) is 5.21. The van der Waals surface area contributed by atoms with E-state index in [2.05, 4.69) is 11.8 Å². The van der Waals surface area contributed by atoms with Gasteiger partial charge in [0.1, 0.15) is 0 Å². The van der Waals surface area contributed by atoms with Crippen LogP contribution in [0.4, 0.5) is 0 Å². The number of carboxylic acids is 1. The molecule has 1 N–H and O–H groups in total. The summed E-state index contributed by atoms with van der Waals surface area (Å²) >= 11 is 6.02. The van der Waals surface area contributed by atoms with E-state index in [0.717, 1.165) is 24.8 Å². The number of rotatable bonds is 6. The van der Waals surface area contributed by atoms with Crippen molar-refractivity contribution in [2.24, 2.45) is 0 Å². The lowest BCUT2D eigenvalue weighted by Gasteiger charge is -2.30. The summed E-state index contributed by atoms with van der Waals surface area (Å²) in [5.41, 5.74) is 1.11. The first-order valence-corrected chi connectivity index (χ1v) is 6.72. The Labute approximate surface area is 112 Å². The molecule has 1 fully saturated rings. The molecular weight excluding hydrogens is 250 g/mol. The maximum Gasteiger partial charge on any atom is 0.317 e. The average Bonchev–Trinajstić information content (AvgIpc) is 3.12. The van der Waals surface area contributed by atoms with Crippen LogP contribution in [0.3, 0.4) is 0 Å². The summed E-state index contributed by atoms with van der Waals surface area (Å²) in [4.78, 5) is 13.1. The minimum absolute atomic E-state index is 0.107. The number of carbonyl (C=O) groups is 1. The second kappa shape index (κ2) is 5.72. The normalized spacial score (nSPS) is 16.8.